The Kier molecular flexibility index (Phi) is 5.45. The van der Waals surface area contributed by atoms with E-state index in [2.05, 4.69) is 31.3 Å². The van der Waals surface area contributed by atoms with Crippen LogP contribution in [-0.2, 0) is 17.9 Å². The number of fused-ring (bicyclic) bond motifs is 1. The molecule has 2 aromatic carbocycles. The van der Waals surface area contributed by atoms with E-state index >= 15 is 0 Å². The fourth-order valence-electron chi connectivity index (χ4n) is 3.35. The van der Waals surface area contributed by atoms with Crippen LogP contribution in [0.2, 0.25) is 0 Å². The number of furan rings is 1. The van der Waals surface area contributed by atoms with E-state index in [9.17, 15) is 9.59 Å². The number of hydrogen-bond donors (Lipinski definition) is 1. The average Bonchev–Trinajstić information content (AvgIpc) is 3.25. The highest BCUT2D eigenvalue weighted by atomic mass is 32.2. The van der Waals surface area contributed by atoms with E-state index in [0.29, 0.717) is 30.2 Å². The van der Waals surface area contributed by atoms with Crippen molar-refractivity contribution >= 4 is 29.3 Å². The van der Waals surface area contributed by atoms with Crippen molar-refractivity contribution in [3.8, 4) is 0 Å². The highest BCUT2D eigenvalue weighted by Crippen LogP contribution is 2.37. The highest BCUT2D eigenvalue weighted by Gasteiger charge is 2.26. The highest BCUT2D eigenvalue weighted by molar-refractivity contribution is 8.00. The van der Waals surface area contributed by atoms with Gasteiger partial charge in [-0.3, -0.25) is 9.59 Å². The summed E-state index contributed by atoms with van der Waals surface area (Å²) in [6.45, 7) is 4.97. The normalized spacial score (nSPS) is 13.3. The van der Waals surface area contributed by atoms with Crippen LogP contribution in [0.15, 0.2) is 64.1 Å². The van der Waals surface area contributed by atoms with Gasteiger partial charge in [0.15, 0.2) is 0 Å². The van der Waals surface area contributed by atoms with E-state index in [-0.39, 0.29) is 11.8 Å². The lowest BCUT2D eigenvalue weighted by atomic mass is 10.0. The van der Waals surface area contributed by atoms with E-state index in [1.54, 1.807) is 23.3 Å². The number of benzene rings is 2. The molecule has 4 rings (SSSR count). The lowest BCUT2D eigenvalue weighted by Crippen LogP contribution is -2.35. The third-order valence-electron chi connectivity index (χ3n) is 5.21. The Morgan fingerprint density at radius 2 is 2.03 bits per heavy atom. The van der Waals surface area contributed by atoms with Crippen LogP contribution in [0.5, 0.6) is 0 Å². The van der Waals surface area contributed by atoms with Gasteiger partial charge in [-0.05, 0) is 60.9 Å². The molecule has 148 valence electrons. The van der Waals surface area contributed by atoms with Crippen LogP contribution in [0, 0.1) is 13.8 Å². The summed E-state index contributed by atoms with van der Waals surface area (Å²) in [6, 6.07) is 15.3. The Morgan fingerprint density at radius 3 is 2.83 bits per heavy atom. The molecule has 0 atom stereocenters. The van der Waals surface area contributed by atoms with Gasteiger partial charge in [0.25, 0.3) is 5.91 Å². The molecule has 2 amide bonds. The zero-order chi connectivity index (χ0) is 20.4. The summed E-state index contributed by atoms with van der Waals surface area (Å²) in [5.41, 5.74) is 4.82. The Hall–Kier alpha value is -2.99. The Bertz CT molecular complexity index is 1060. The number of nitrogens with zero attached hydrogens (tertiary/aromatic N) is 1. The van der Waals surface area contributed by atoms with Crippen LogP contribution in [0.4, 0.5) is 5.69 Å². The van der Waals surface area contributed by atoms with Crippen molar-refractivity contribution in [3.05, 3.63) is 82.8 Å². The number of anilines is 1. The van der Waals surface area contributed by atoms with Gasteiger partial charge in [-0.2, -0.15) is 0 Å². The second-order valence-electron chi connectivity index (χ2n) is 7.07. The number of thioether (sulfide) groups is 1. The topological polar surface area (TPSA) is 62.6 Å². The first-order valence-corrected chi connectivity index (χ1v) is 10.4. The van der Waals surface area contributed by atoms with Crippen molar-refractivity contribution in [1.29, 1.82) is 0 Å². The summed E-state index contributed by atoms with van der Waals surface area (Å²) < 4.78 is 5.26. The quantitative estimate of drug-likeness (QED) is 0.679. The van der Waals surface area contributed by atoms with Gasteiger partial charge in [-0.15, -0.1) is 11.8 Å². The summed E-state index contributed by atoms with van der Waals surface area (Å²) in [6.07, 6.45) is 1.58. The number of nitrogens with one attached hydrogen (secondary N) is 1. The predicted octanol–water partition coefficient (Wildman–Crippen LogP) is 4.47. The summed E-state index contributed by atoms with van der Waals surface area (Å²) in [4.78, 5) is 28.1. The van der Waals surface area contributed by atoms with Crippen molar-refractivity contribution in [2.45, 2.75) is 31.8 Å². The molecule has 0 bridgehead atoms. The van der Waals surface area contributed by atoms with Crippen LogP contribution in [-0.4, -0.2) is 17.6 Å². The van der Waals surface area contributed by atoms with Crippen LogP contribution >= 0.6 is 11.8 Å². The van der Waals surface area contributed by atoms with Gasteiger partial charge >= 0.3 is 0 Å². The number of aryl methyl sites for hydroxylation is 1. The molecule has 1 aliphatic rings. The fourth-order valence-corrected chi connectivity index (χ4v) is 4.27. The van der Waals surface area contributed by atoms with Crippen molar-refractivity contribution in [1.82, 2.24) is 5.32 Å². The minimum absolute atomic E-state index is 0.0524. The average molecular weight is 407 g/mol. The molecule has 1 N–H and O–H groups in total. The third-order valence-corrected chi connectivity index (χ3v) is 6.26. The minimum Gasteiger partial charge on any atom is -0.467 e. The zero-order valence-electron chi connectivity index (χ0n) is 16.4. The molecule has 3 aromatic rings. The smallest absolute Gasteiger partial charge is 0.251 e. The van der Waals surface area contributed by atoms with Crippen LogP contribution in [0.3, 0.4) is 0 Å². The molecule has 29 heavy (non-hydrogen) atoms. The van der Waals surface area contributed by atoms with Crippen molar-refractivity contribution in [2.24, 2.45) is 0 Å². The molecular formula is C23H22N2O3S. The fraction of sp³-hybridized carbons (Fsp3) is 0.217. The van der Waals surface area contributed by atoms with E-state index in [1.807, 2.05) is 24.3 Å². The number of amides is 2. The first-order valence-electron chi connectivity index (χ1n) is 9.46. The van der Waals surface area contributed by atoms with Gasteiger partial charge in [0.1, 0.15) is 5.76 Å². The summed E-state index contributed by atoms with van der Waals surface area (Å²) >= 11 is 1.51. The maximum Gasteiger partial charge on any atom is 0.251 e. The molecule has 2 heterocycles. The van der Waals surface area contributed by atoms with E-state index < -0.39 is 0 Å². The molecule has 0 unspecified atom stereocenters. The van der Waals surface area contributed by atoms with Crippen LogP contribution < -0.4 is 10.2 Å². The molecular weight excluding hydrogens is 384 g/mol. The number of rotatable bonds is 5. The monoisotopic (exact) mass is 406 g/mol. The second-order valence-corrected chi connectivity index (χ2v) is 8.09. The van der Waals surface area contributed by atoms with Crippen molar-refractivity contribution in [2.75, 3.05) is 10.7 Å². The summed E-state index contributed by atoms with van der Waals surface area (Å²) in [5.74, 6) is 0.955. The van der Waals surface area contributed by atoms with E-state index in [4.69, 9.17) is 4.42 Å². The van der Waals surface area contributed by atoms with Gasteiger partial charge in [0, 0.05) is 10.5 Å². The van der Waals surface area contributed by atoms with Crippen molar-refractivity contribution in [3.63, 3.8) is 0 Å². The van der Waals surface area contributed by atoms with E-state index in [0.717, 1.165) is 16.1 Å². The van der Waals surface area contributed by atoms with Crippen molar-refractivity contribution < 1.29 is 14.0 Å². The lowest BCUT2D eigenvalue weighted by molar-refractivity contribution is -0.116. The molecule has 5 nitrogen and oxygen atoms in total. The molecule has 0 aliphatic carbocycles. The van der Waals surface area contributed by atoms with Gasteiger partial charge in [0.05, 0.1) is 30.8 Å². The molecule has 0 spiro atoms. The minimum atomic E-state index is -0.195. The molecule has 0 saturated heterocycles. The molecule has 1 aromatic heterocycles. The van der Waals surface area contributed by atoms with Crippen LogP contribution in [0.25, 0.3) is 0 Å². The van der Waals surface area contributed by atoms with Gasteiger partial charge in [-0.1, -0.05) is 18.2 Å². The third kappa shape index (κ3) is 4.07. The zero-order valence-corrected chi connectivity index (χ0v) is 17.2. The number of hydrogen-bond acceptors (Lipinski definition) is 4. The van der Waals surface area contributed by atoms with Gasteiger partial charge in [-0.25, -0.2) is 0 Å². The van der Waals surface area contributed by atoms with Gasteiger partial charge < -0.3 is 14.6 Å². The Labute approximate surface area is 174 Å². The number of carbonyl (C=O) groups excluding carboxylic acids is 2. The Balaban J connectivity index is 1.59. The summed E-state index contributed by atoms with van der Waals surface area (Å²) in [5, 5.41) is 2.86. The second kappa shape index (κ2) is 8.17. The molecule has 6 heteroatoms. The summed E-state index contributed by atoms with van der Waals surface area (Å²) in [7, 11) is 0. The van der Waals surface area contributed by atoms with E-state index in [1.165, 1.54) is 22.9 Å². The first kappa shape index (κ1) is 19.3. The molecule has 1 aliphatic heterocycles. The van der Waals surface area contributed by atoms with Gasteiger partial charge in [0.2, 0.25) is 5.91 Å². The lowest BCUT2D eigenvalue weighted by Gasteiger charge is -2.30. The predicted molar refractivity (Wildman–Crippen MR) is 114 cm³/mol. The molecule has 0 fully saturated rings. The number of carbonyl (C=O) groups is 2. The molecule has 0 radical (unpaired) electrons. The maximum absolute atomic E-state index is 12.7. The SMILES string of the molecule is Cc1cccc(CN2C(=O)CSc3ccc(C(=O)NCc4ccco4)cc32)c1C. The standard InChI is InChI=1S/C23H22N2O3S/c1-15-5-3-6-18(16(15)2)13-25-20-11-17(8-9-21(20)29-14-22(25)26)23(27)24-12-19-7-4-10-28-19/h3-11H,12-14H2,1-2H3,(H,24,27). The van der Waals surface area contributed by atoms with Crippen LogP contribution in [0.1, 0.15) is 32.8 Å². The molecule has 0 saturated carbocycles. The maximum atomic E-state index is 12.7. The first-order chi connectivity index (χ1) is 14.0. The largest absolute Gasteiger partial charge is 0.467 e. The Morgan fingerprint density at radius 1 is 1.17 bits per heavy atom.